The van der Waals surface area contributed by atoms with Crippen molar-refractivity contribution in [2.24, 2.45) is 0 Å². The molecule has 0 saturated carbocycles. The summed E-state index contributed by atoms with van der Waals surface area (Å²) < 4.78 is 0. The number of hydrogen-bond donors (Lipinski definition) is 2. The summed E-state index contributed by atoms with van der Waals surface area (Å²) >= 11 is 0. The van der Waals surface area contributed by atoms with E-state index in [1.165, 1.54) is 86.3 Å². The molecule has 1 saturated heterocycles. The number of aromatic nitrogens is 1. The minimum absolute atomic E-state index is 0.238. The van der Waals surface area contributed by atoms with E-state index in [-0.39, 0.29) is 5.56 Å². The summed E-state index contributed by atoms with van der Waals surface area (Å²) in [7, 11) is 3.82. The Labute approximate surface area is 195 Å². The molecule has 2 aromatic carbocycles. The average Bonchev–Trinajstić information content (AvgIpc) is 3.56. The number of carbonyl (C=O) groups is 1. The summed E-state index contributed by atoms with van der Waals surface area (Å²) in [5.41, 5.74) is 7.78. The van der Waals surface area contributed by atoms with Gasteiger partial charge in [0.05, 0.1) is 17.4 Å². The molecule has 2 N–H and O–H groups in total. The highest BCUT2D eigenvalue weighted by atomic mass is 16.4. The summed E-state index contributed by atoms with van der Waals surface area (Å²) in [5.74, 6) is -0.947. The lowest BCUT2D eigenvalue weighted by atomic mass is 10.1. The Morgan fingerprint density at radius 3 is 2.33 bits per heavy atom. The number of carboxylic acid groups (broad SMARTS) is 1. The molecule has 5 rings (SSSR count). The number of carboxylic acids is 1. The maximum Gasteiger partial charge on any atom is 0.337 e. The monoisotopic (exact) mass is 444 g/mol. The first kappa shape index (κ1) is 22.6. The van der Waals surface area contributed by atoms with Gasteiger partial charge in [0.1, 0.15) is 0 Å². The number of aromatic carboxylic acids is 1. The molecule has 2 heterocycles. The number of nitrogens with zero attached hydrogens (tertiary/aromatic N) is 3. The van der Waals surface area contributed by atoms with Gasteiger partial charge in [-0.25, -0.2) is 4.79 Å². The van der Waals surface area contributed by atoms with E-state index < -0.39 is 5.97 Å². The van der Waals surface area contributed by atoms with E-state index in [2.05, 4.69) is 69.6 Å². The van der Waals surface area contributed by atoms with Gasteiger partial charge in [-0.3, -0.25) is 4.98 Å². The summed E-state index contributed by atoms with van der Waals surface area (Å²) in [6, 6.07) is 17.4. The molecule has 3 aromatic rings. The Hall–Kier alpha value is -3.54. The largest absolute Gasteiger partial charge is 0.478 e. The maximum absolute atomic E-state index is 10.5. The van der Waals surface area contributed by atoms with Crippen LogP contribution in [0.25, 0.3) is 0 Å². The Morgan fingerprint density at radius 2 is 1.67 bits per heavy atom. The van der Waals surface area contributed by atoms with Crippen LogP contribution in [0.4, 0.5) is 22.7 Å². The highest BCUT2D eigenvalue weighted by Gasteiger charge is 2.15. The fraction of sp³-hybridized carbons (Fsp3) is 0.333. The molecule has 33 heavy (non-hydrogen) atoms. The Kier molecular flexibility index (Phi) is 7.13. The lowest BCUT2D eigenvalue weighted by molar-refractivity contribution is 0.0698. The molecule has 0 unspecified atom stereocenters. The zero-order valence-electron chi connectivity index (χ0n) is 19.4. The summed E-state index contributed by atoms with van der Waals surface area (Å²) in [6.07, 6.45) is 9.39. The SMILES string of the molecule is CN(c1ccc(N2CCCC2)cc1)c1ccc2c(c1)CCC2.CNc1cnccc1C(=O)O. The van der Waals surface area contributed by atoms with Crippen LogP contribution in [-0.4, -0.2) is 43.2 Å². The van der Waals surface area contributed by atoms with Crippen molar-refractivity contribution in [1.82, 2.24) is 4.98 Å². The van der Waals surface area contributed by atoms with Crippen molar-refractivity contribution in [3.8, 4) is 0 Å². The number of hydrogen-bond acceptors (Lipinski definition) is 5. The van der Waals surface area contributed by atoms with Gasteiger partial charge in [0.15, 0.2) is 0 Å². The van der Waals surface area contributed by atoms with Crippen LogP contribution < -0.4 is 15.1 Å². The second-order valence-corrected chi connectivity index (χ2v) is 8.55. The fourth-order valence-electron chi connectivity index (χ4n) is 4.56. The van der Waals surface area contributed by atoms with Crippen LogP contribution >= 0.6 is 0 Å². The van der Waals surface area contributed by atoms with Gasteiger partial charge < -0.3 is 20.2 Å². The highest BCUT2D eigenvalue weighted by Crippen LogP contribution is 2.31. The van der Waals surface area contributed by atoms with E-state index in [1.54, 1.807) is 12.6 Å². The zero-order valence-corrected chi connectivity index (χ0v) is 19.4. The molecule has 0 spiro atoms. The van der Waals surface area contributed by atoms with Gasteiger partial charge >= 0.3 is 5.97 Å². The standard InChI is InChI=1S/C20H24N2.C7H8N2O2/c1-21(20-8-7-16-5-4-6-17(16)15-20)18-9-11-19(12-10-18)22-13-2-3-14-22;1-8-6-4-9-3-2-5(6)7(10)11/h7-12,15H,2-6,13-14H2,1H3;2-4,8H,1H3,(H,10,11). The van der Waals surface area contributed by atoms with E-state index in [1.807, 2.05) is 0 Å². The van der Waals surface area contributed by atoms with Crippen LogP contribution in [0.15, 0.2) is 60.9 Å². The van der Waals surface area contributed by atoms with Crippen LogP contribution in [0.3, 0.4) is 0 Å². The van der Waals surface area contributed by atoms with Crippen molar-refractivity contribution in [2.75, 3.05) is 42.3 Å². The Morgan fingerprint density at radius 1 is 0.970 bits per heavy atom. The van der Waals surface area contributed by atoms with Crippen molar-refractivity contribution in [3.63, 3.8) is 0 Å². The molecule has 1 aromatic heterocycles. The maximum atomic E-state index is 10.5. The van der Waals surface area contributed by atoms with Gasteiger partial charge in [0.25, 0.3) is 0 Å². The molecule has 1 aliphatic carbocycles. The third-order valence-corrected chi connectivity index (χ3v) is 6.50. The van der Waals surface area contributed by atoms with Crippen molar-refractivity contribution in [3.05, 3.63) is 77.6 Å². The molecule has 0 bridgehead atoms. The van der Waals surface area contributed by atoms with Crippen molar-refractivity contribution >= 4 is 28.7 Å². The number of aryl methyl sites for hydroxylation is 2. The first-order chi connectivity index (χ1) is 16.1. The van der Waals surface area contributed by atoms with Gasteiger partial charge in [-0.2, -0.15) is 0 Å². The molecule has 0 radical (unpaired) electrons. The minimum atomic E-state index is -0.947. The number of benzene rings is 2. The second-order valence-electron chi connectivity index (χ2n) is 8.55. The first-order valence-electron chi connectivity index (χ1n) is 11.6. The fourth-order valence-corrected chi connectivity index (χ4v) is 4.56. The molecule has 172 valence electrons. The number of fused-ring (bicyclic) bond motifs is 1. The molecule has 6 nitrogen and oxygen atoms in total. The van der Waals surface area contributed by atoms with Crippen LogP contribution in [0.2, 0.25) is 0 Å². The lowest BCUT2D eigenvalue weighted by Crippen LogP contribution is -2.17. The van der Waals surface area contributed by atoms with E-state index in [9.17, 15) is 4.79 Å². The molecular weight excluding hydrogens is 412 g/mol. The van der Waals surface area contributed by atoms with E-state index in [4.69, 9.17) is 5.11 Å². The van der Waals surface area contributed by atoms with Gasteiger partial charge in [-0.1, -0.05) is 6.07 Å². The topological polar surface area (TPSA) is 68.7 Å². The molecule has 1 fully saturated rings. The highest BCUT2D eigenvalue weighted by molar-refractivity contribution is 5.93. The Bertz CT molecular complexity index is 1090. The third-order valence-electron chi connectivity index (χ3n) is 6.50. The molecule has 0 amide bonds. The van der Waals surface area contributed by atoms with Crippen LogP contribution in [-0.2, 0) is 12.8 Å². The minimum Gasteiger partial charge on any atom is -0.478 e. The zero-order chi connectivity index (χ0) is 23.2. The average molecular weight is 445 g/mol. The van der Waals surface area contributed by atoms with E-state index >= 15 is 0 Å². The van der Waals surface area contributed by atoms with Gasteiger partial charge in [0, 0.05) is 50.4 Å². The van der Waals surface area contributed by atoms with Crippen molar-refractivity contribution in [2.45, 2.75) is 32.1 Å². The van der Waals surface area contributed by atoms with Gasteiger partial charge in [-0.05, 0) is 85.7 Å². The summed E-state index contributed by atoms with van der Waals surface area (Å²) in [5, 5.41) is 11.4. The number of anilines is 4. The molecule has 2 aliphatic rings. The van der Waals surface area contributed by atoms with E-state index in [0.717, 1.165) is 0 Å². The summed E-state index contributed by atoms with van der Waals surface area (Å²) in [4.78, 5) is 19.1. The molecular formula is C27H32N4O2. The number of pyridine rings is 1. The summed E-state index contributed by atoms with van der Waals surface area (Å²) in [6.45, 7) is 2.42. The molecule has 0 atom stereocenters. The van der Waals surface area contributed by atoms with Crippen LogP contribution in [0.5, 0.6) is 0 Å². The molecule has 1 aliphatic heterocycles. The Balaban J connectivity index is 0.000000200. The quantitative estimate of drug-likeness (QED) is 0.552. The van der Waals surface area contributed by atoms with Crippen molar-refractivity contribution in [1.29, 1.82) is 0 Å². The van der Waals surface area contributed by atoms with Gasteiger partial charge in [-0.15, -0.1) is 0 Å². The van der Waals surface area contributed by atoms with Crippen LogP contribution in [0, 0.1) is 0 Å². The normalized spacial score (nSPS) is 14.3. The van der Waals surface area contributed by atoms with E-state index in [0.29, 0.717) is 5.69 Å². The first-order valence-corrected chi connectivity index (χ1v) is 11.6. The predicted molar refractivity (Wildman–Crippen MR) is 135 cm³/mol. The van der Waals surface area contributed by atoms with Crippen molar-refractivity contribution < 1.29 is 9.90 Å². The smallest absolute Gasteiger partial charge is 0.337 e. The number of rotatable bonds is 5. The molecule has 6 heteroatoms. The number of nitrogens with one attached hydrogen (secondary N) is 1. The third kappa shape index (κ3) is 5.28. The lowest BCUT2D eigenvalue weighted by Gasteiger charge is -2.23. The predicted octanol–water partition coefficient (Wildman–Crippen LogP) is 5.36. The van der Waals surface area contributed by atoms with Gasteiger partial charge in [0.2, 0.25) is 0 Å². The second kappa shape index (κ2) is 10.4. The van der Waals surface area contributed by atoms with Crippen LogP contribution in [0.1, 0.15) is 40.7 Å².